The summed E-state index contributed by atoms with van der Waals surface area (Å²) in [5.41, 5.74) is 2.46. The maximum absolute atomic E-state index is 12.6. The van der Waals surface area contributed by atoms with Gasteiger partial charge in [0, 0.05) is 30.6 Å². The second kappa shape index (κ2) is 7.79. The highest BCUT2D eigenvalue weighted by Gasteiger charge is 2.34. The number of nitrogens with one attached hydrogen (secondary N) is 1. The minimum atomic E-state index is -0.382. The highest BCUT2D eigenvalue weighted by Crippen LogP contribution is 2.32. The monoisotopic (exact) mass is 372 g/mol. The molecule has 0 spiro atoms. The van der Waals surface area contributed by atoms with Crippen molar-refractivity contribution in [1.82, 2.24) is 4.90 Å². The van der Waals surface area contributed by atoms with E-state index in [0.29, 0.717) is 29.5 Å². The van der Waals surface area contributed by atoms with Crippen LogP contribution in [0.3, 0.4) is 0 Å². The van der Waals surface area contributed by atoms with E-state index < -0.39 is 0 Å². The van der Waals surface area contributed by atoms with Gasteiger partial charge in [-0.2, -0.15) is 0 Å². The molecule has 26 heavy (non-hydrogen) atoms. The van der Waals surface area contributed by atoms with Crippen molar-refractivity contribution in [1.29, 1.82) is 0 Å². The third-order valence-corrected chi connectivity index (χ3v) is 4.95. The molecule has 1 N–H and O–H groups in total. The number of halogens is 1. The Morgan fingerprint density at radius 2 is 2.04 bits per heavy atom. The Balaban J connectivity index is 1.68. The van der Waals surface area contributed by atoms with Crippen LogP contribution in [0.1, 0.15) is 17.5 Å². The standard InChI is InChI=1S/C20H21ClN2O3/c1-13-8-17(18(26-2)10-16(13)21)22-20(25)15-9-19(24)23(12-15)11-14-6-4-3-5-7-14/h3-8,10,15H,9,11-12H2,1-2H3,(H,22,25)/t15-/m1/s1. The highest BCUT2D eigenvalue weighted by molar-refractivity contribution is 6.31. The Kier molecular flexibility index (Phi) is 5.47. The van der Waals surface area contributed by atoms with Gasteiger partial charge >= 0.3 is 0 Å². The van der Waals surface area contributed by atoms with E-state index in [-0.39, 0.29) is 24.2 Å². The lowest BCUT2D eigenvalue weighted by Crippen LogP contribution is -2.28. The first-order valence-corrected chi connectivity index (χ1v) is 8.82. The van der Waals surface area contributed by atoms with E-state index in [1.807, 2.05) is 37.3 Å². The predicted octanol–water partition coefficient (Wildman–Crippen LogP) is 3.64. The minimum Gasteiger partial charge on any atom is -0.495 e. The van der Waals surface area contributed by atoms with Gasteiger partial charge in [0.2, 0.25) is 11.8 Å². The van der Waals surface area contributed by atoms with Crippen molar-refractivity contribution in [2.45, 2.75) is 19.9 Å². The topological polar surface area (TPSA) is 58.6 Å². The van der Waals surface area contributed by atoms with Gasteiger partial charge in [0.1, 0.15) is 5.75 Å². The van der Waals surface area contributed by atoms with Crippen molar-refractivity contribution in [3.8, 4) is 5.75 Å². The normalized spacial score (nSPS) is 16.7. The van der Waals surface area contributed by atoms with Crippen LogP contribution in [0.25, 0.3) is 0 Å². The van der Waals surface area contributed by atoms with Crippen molar-refractivity contribution in [2.75, 3.05) is 19.0 Å². The number of hydrogen-bond acceptors (Lipinski definition) is 3. The number of ether oxygens (including phenoxy) is 1. The zero-order valence-electron chi connectivity index (χ0n) is 14.8. The lowest BCUT2D eigenvalue weighted by molar-refractivity contribution is -0.128. The molecule has 1 saturated heterocycles. The Labute approximate surface area is 157 Å². The second-order valence-electron chi connectivity index (χ2n) is 6.45. The van der Waals surface area contributed by atoms with Gasteiger partial charge < -0.3 is 15.0 Å². The molecule has 5 nitrogen and oxygen atoms in total. The Bertz CT molecular complexity index is 823. The molecule has 1 aliphatic heterocycles. The van der Waals surface area contributed by atoms with E-state index in [0.717, 1.165) is 11.1 Å². The van der Waals surface area contributed by atoms with E-state index in [1.165, 1.54) is 7.11 Å². The van der Waals surface area contributed by atoms with Gasteiger partial charge in [0.15, 0.2) is 0 Å². The molecule has 3 rings (SSSR count). The number of benzene rings is 2. The lowest BCUT2D eigenvalue weighted by Gasteiger charge is -2.17. The lowest BCUT2D eigenvalue weighted by atomic mass is 10.1. The second-order valence-corrected chi connectivity index (χ2v) is 6.86. The fourth-order valence-electron chi connectivity index (χ4n) is 3.07. The molecule has 0 unspecified atom stereocenters. The summed E-state index contributed by atoms with van der Waals surface area (Å²) in [6.07, 6.45) is 0.216. The molecular weight excluding hydrogens is 352 g/mol. The number of amides is 2. The summed E-state index contributed by atoms with van der Waals surface area (Å²) in [5, 5.41) is 3.45. The Hall–Kier alpha value is -2.53. The fraction of sp³-hybridized carbons (Fsp3) is 0.300. The first kappa shape index (κ1) is 18.3. The largest absolute Gasteiger partial charge is 0.495 e. The third-order valence-electron chi connectivity index (χ3n) is 4.54. The van der Waals surface area contributed by atoms with Crippen LogP contribution in [0.15, 0.2) is 42.5 Å². The van der Waals surface area contributed by atoms with Crippen molar-refractivity contribution in [2.24, 2.45) is 5.92 Å². The number of methoxy groups -OCH3 is 1. The molecule has 0 bridgehead atoms. The molecule has 136 valence electrons. The van der Waals surface area contributed by atoms with Crippen LogP contribution in [0.2, 0.25) is 5.02 Å². The molecule has 2 aromatic rings. The van der Waals surface area contributed by atoms with Crippen molar-refractivity contribution < 1.29 is 14.3 Å². The number of aryl methyl sites for hydroxylation is 1. The average Bonchev–Trinajstić information content (AvgIpc) is 2.99. The summed E-state index contributed by atoms with van der Waals surface area (Å²) in [7, 11) is 1.53. The van der Waals surface area contributed by atoms with E-state index in [4.69, 9.17) is 16.3 Å². The predicted molar refractivity (Wildman–Crippen MR) is 101 cm³/mol. The van der Waals surface area contributed by atoms with Gasteiger partial charge in [-0.05, 0) is 24.1 Å². The molecule has 0 radical (unpaired) electrons. The van der Waals surface area contributed by atoms with E-state index in [9.17, 15) is 9.59 Å². The van der Waals surface area contributed by atoms with Crippen molar-refractivity contribution in [3.05, 3.63) is 58.6 Å². The average molecular weight is 373 g/mol. The van der Waals surface area contributed by atoms with E-state index >= 15 is 0 Å². The molecule has 0 aromatic heterocycles. The quantitative estimate of drug-likeness (QED) is 0.871. The molecule has 0 aliphatic carbocycles. The number of hydrogen-bond donors (Lipinski definition) is 1. The van der Waals surface area contributed by atoms with Crippen molar-refractivity contribution >= 4 is 29.1 Å². The molecule has 1 fully saturated rings. The minimum absolute atomic E-state index is 0.00625. The van der Waals surface area contributed by atoms with Gasteiger partial charge in [0.25, 0.3) is 0 Å². The van der Waals surface area contributed by atoms with Crippen LogP contribution >= 0.6 is 11.6 Å². The summed E-state index contributed by atoms with van der Waals surface area (Å²) in [4.78, 5) is 26.6. The molecule has 0 saturated carbocycles. The first-order valence-electron chi connectivity index (χ1n) is 8.44. The number of likely N-dealkylation sites (tertiary alicyclic amines) is 1. The van der Waals surface area contributed by atoms with E-state index in [1.54, 1.807) is 17.0 Å². The fourth-order valence-corrected chi connectivity index (χ4v) is 3.22. The zero-order chi connectivity index (χ0) is 18.7. The van der Waals surface area contributed by atoms with E-state index in [2.05, 4.69) is 5.32 Å². The molecular formula is C20H21ClN2O3. The number of carbonyl (C=O) groups is 2. The highest BCUT2D eigenvalue weighted by atomic mass is 35.5. The molecule has 6 heteroatoms. The number of carbonyl (C=O) groups excluding carboxylic acids is 2. The van der Waals surface area contributed by atoms with Crippen LogP contribution in [-0.2, 0) is 16.1 Å². The first-order chi connectivity index (χ1) is 12.5. The van der Waals surface area contributed by atoms with Crippen LogP contribution in [0.5, 0.6) is 5.75 Å². The molecule has 2 aromatic carbocycles. The third kappa shape index (κ3) is 3.99. The molecule has 2 amide bonds. The van der Waals surface area contributed by atoms with Gasteiger partial charge in [-0.3, -0.25) is 9.59 Å². The smallest absolute Gasteiger partial charge is 0.229 e. The van der Waals surface area contributed by atoms with Gasteiger partial charge in [-0.25, -0.2) is 0 Å². The maximum atomic E-state index is 12.6. The van der Waals surface area contributed by atoms with Crippen LogP contribution < -0.4 is 10.1 Å². The van der Waals surface area contributed by atoms with Gasteiger partial charge in [0.05, 0.1) is 18.7 Å². The zero-order valence-corrected chi connectivity index (χ0v) is 15.5. The van der Waals surface area contributed by atoms with Gasteiger partial charge in [-0.15, -0.1) is 0 Å². The van der Waals surface area contributed by atoms with Gasteiger partial charge in [-0.1, -0.05) is 41.9 Å². The maximum Gasteiger partial charge on any atom is 0.229 e. The number of anilines is 1. The summed E-state index contributed by atoms with van der Waals surface area (Å²) in [5.74, 6) is -0.0755. The molecule has 1 aliphatic rings. The summed E-state index contributed by atoms with van der Waals surface area (Å²) in [6.45, 7) is 2.79. The van der Waals surface area contributed by atoms with Crippen LogP contribution in [0.4, 0.5) is 5.69 Å². The Morgan fingerprint density at radius 1 is 1.31 bits per heavy atom. The molecule has 1 atom stereocenters. The number of rotatable bonds is 5. The van der Waals surface area contributed by atoms with Crippen LogP contribution in [-0.4, -0.2) is 30.4 Å². The molecule has 1 heterocycles. The summed E-state index contributed by atoms with van der Waals surface area (Å²) >= 11 is 6.10. The Morgan fingerprint density at radius 3 is 2.73 bits per heavy atom. The number of nitrogens with zero attached hydrogens (tertiary/aromatic N) is 1. The van der Waals surface area contributed by atoms with Crippen molar-refractivity contribution in [3.63, 3.8) is 0 Å². The SMILES string of the molecule is COc1cc(Cl)c(C)cc1NC(=O)[C@@H]1CC(=O)N(Cc2ccccc2)C1. The summed E-state index contributed by atoms with van der Waals surface area (Å²) < 4.78 is 5.29. The van der Waals surface area contributed by atoms with Crippen LogP contribution in [0, 0.1) is 12.8 Å². The summed E-state index contributed by atoms with van der Waals surface area (Å²) in [6, 6.07) is 13.2.